The van der Waals surface area contributed by atoms with Gasteiger partial charge in [-0.15, -0.1) is 4.91 Å². The monoisotopic (exact) mass is 358 g/mol. The van der Waals surface area contributed by atoms with E-state index in [4.69, 9.17) is 18.9 Å². The predicted molar refractivity (Wildman–Crippen MR) is 86.2 cm³/mol. The SMILES string of the molecule is CC(=O)OC[C@H]1C[C@@H](N(N=O)C(=O)OC(C)(C)C)[C@@H]2OC(C)(C)O[C@H]12. The van der Waals surface area contributed by atoms with Gasteiger partial charge in [0.2, 0.25) is 0 Å². The highest BCUT2D eigenvalue weighted by Gasteiger charge is 2.57. The lowest BCUT2D eigenvalue weighted by atomic mass is 10.1. The van der Waals surface area contributed by atoms with Gasteiger partial charge >= 0.3 is 12.1 Å². The molecule has 0 N–H and O–H groups in total. The normalized spacial score (nSPS) is 30.5. The molecule has 25 heavy (non-hydrogen) atoms. The third-order valence-electron chi connectivity index (χ3n) is 4.04. The Labute approximate surface area is 146 Å². The van der Waals surface area contributed by atoms with Crippen molar-refractivity contribution in [2.45, 2.75) is 77.6 Å². The lowest BCUT2D eigenvalue weighted by molar-refractivity contribution is -0.166. The Balaban J connectivity index is 2.19. The zero-order chi connectivity index (χ0) is 19.0. The molecule has 0 bridgehead atoms. The lowest BCUT2D eigenvalue weighted by Crippen LogP contribution is -2.45. The molecule has 4 atom stereocenters. The van der Waals surface area contributed by atoms with Gasteiger partial charge in [0.05, 0.1) is 24.0 Å². The van der Waals surface area contributed by atoms with Gasteiger partial charge in [0, 0.05) is 12.8 Å². The predicted octanol–water partition coefficient (Wildman–Crippen LogP) is 2.38. The third-order valence-corrected chi connectivity index (χ3v) is 4.04. The molecule has 1 heterocycles. The molecule has 0 spiro atoms. The number of nitroso groups, excluding NO2 is 1. The van der Waals surface area contributed by atoms with Crippen LogP contribution in [0.4, 0.5) is 4.79 Å². The van der Waals surface area contributed by atoms with Crippen molar-refractivity contribution >= 4 is 12.1 Å². The number of esters is 1. The maximum atomic E-state index is 12.3. The van der Waals surface area contributed by atoms with Gasteiger partial charge in [-0.1, -0.05) is 0 Å². The highest BCUT2D eigenvalue weighted by molar-refractivity contribution is 5.68. The summed E-state index contributed by atoms with van der Waals surface area (Å²) in [6.07, 6.45) is -1.46. The summed E-state index contributed by atoms with van der Waals surface area (Å²) in [5.41, 5.74) is -0.762. The van der Waals surface area contributed by atoms with Crippen LogP contribution in [-0.4, -0.2) is 53.3 Å². The van der Waals surface area contributed by atoms with Crippen LogP contribution in [0.5, 0.6) is 0 Å². The molecule has 1 saturated carbocycles. The Hall–Kier alpha value is -1.74. The van der Waals surface area contributed by atoms with Crippen LogP contribution in [0.25, 0.3) is 0 Å². The third kappa shape index (κ3) is 4.66. The molecule has 0 radical (unpaired) electrons. The van der Waals surface area contributed by atoms with Crippen molar-refractivity contribution in [1.82, 2.24) is 5.01 Å². The smallest absolute Gasteiger partial charge is 0.433 e. The van der Waals surface area contributed by atoms with Gasteiger partial charge < -0.3 is 18.9 Å². The van der Waals surface area contributed by atoms with E-state index >= 15 is 0 Å². The van der Waals surface area contributed by atoms with Gasteiger partial charge in [-0.2, -0.15) is 5.01 Å². The van der Waals surface area contributed by atoms with Gasteiger partial charge in [-0.3, -0.25) is 4.79 Å². The second-order valence-corrected chi connectivity index (χ2v) is 7.84. The molecule has 1 aliphatic heterocycles. The van der Waals surface area contributed by atoms with Crippen molar-refractivity contribution in [2.24, 2.45) is 11.2 Å². The van der Waals surface area contributed by atoms with Crippen LogP contribution in [0, 0.1) is 10.8 Å². The van der Waals surface area contributed by atoms with Crippen LogP contribution in [0.2, 0.25) is 0 Å². The number of nitrogens with zero attached hydrogens (tertiary/aromatic N) is 2. The van der Waals surface area contributed by atoms with Crippen LogP contribution in [0.15, 0.2) is 5.29 Å². The van der Waals surface area contributed by atoms with E-state index in [0.717, 1.165) is 5.01 Å². The van der Waals surface area contributed by atoms with Crippen LogP contribution in [-0.2, 0) is 23.7 Å². The fraction of sp³-hybridized carbons (Fsp3) is 0.875. The second-order valence-electron chi connectivity index (χ2n) is 7.84. The van der Waals surface area contributed by atoms with E-state index in [-0.39, 0.29) is 12.5 Å². The Bertz CT molecular complexity index is 543. The zero-order valence-electron chi connectivity index (χ0n) is 15.5. The number of amides is 1. The molecule has 2 fully saturated rings. The van der Waals surface area contributed by atoms with Crippen molar-refractivity contribution < 1.29 is 28.5 Å². The highest BCUT2D eigenvalue weighted by atomic mass is 16.8. The Kier molecular flexibility index (Phi) is 5.38. The first-order valence-electron chi connectivity index (χ1n) is 8.28. The Morgan fingerprint density at radius 3 is 2.36 bits per heavy atom. The average molecular weight is 358 g/mol. The van der Waals surface area contributed by atoms with Gasteiger partial charge in [0.1, 0.15) is 11.7 Å². The minimum absolute atomic E-state index is 0.119. The minimum atomic E-state index is -0.870. The largest absolute Gasteiger partial charge is 0.465 e. The number of carbonyl (C=O) groups excluding carboxylic acids is 2. The molecule has 9 heteroatoms. The van der Waals surface area contributed by atoms with Gasteiger partial charge in [-0.25, -0.2) is 4.79 Å². The lowest BCUT2D eigenvalue weighted by Gasteiger charge is -2.29. The fourth-order valence-electron chi connectivity index (χ4n) is 3.22. The first-order chi connectivity index (χ1) is 11.4. The summed E-state index contributed by atoms with van der Waals surface area (Å²) in [7, 11) is 0. The summed E-state index contributed by atoms with van der Waals surface area (Å²) < 4.78 is 22.1. The molecule has 2 rings (SSSR count). The second kappa shape index (κ2) is 6.87. The topological polar surface area (TPSA) is 104 Å². The van der Waals surface area contributed by atoms with Crippen molar-refractivity contribution in [3.05, 3.63) is 4.91 Å². The standard InChI is InChI=1S/C16H26N2O7/c1-9(19)22-8-10-7-11(13-12(10)23-16(5,6)24-13)18(17-21)14(20)25-15(2,3)4/h10-13H,7-8H2,1-6H3/t10-,11-,12-,13+/m1/s1. The maximum Gasteiger partial charge on any atom is 0.433 e. The highest BCUT2D eigenvalue weighted by Crippen LogP contribution is 2.44. The molecule has 0 aromatic carbocycles. The molecular weight excluding hydrogens is 332 g/mol. The van der Waals surface area contributed by atoms with Crippen LogP contribution in [0.1, 0.15) is 48.0 Å². The average Bonchev–Trinajstić information content (AvgIpc) is 2.90. The summed E-state index contributed by atoms with van der Waals surface area (Å²) in [6, 6.07) is -0.653. The van der Waals surface area contributed by atoms with E-state index in [2.05, 4.69) is 5.29 Å². The van der Waals surface area contributed by atoms with Crippen LogP contribution < -0.4 is 0 Å². The first kappa shape index (κ1) is 19.6. The summed E-state index contributed by atoms with van der Waals surface area (Å²) in [5, 5.41) is 3.62. The van der Waals surface area contributed by atoms with Crippen LogP contribution >= 0.6 is 0 Å². The number of fused-ring (bicyclic) bond motifs is 1. The molecule has 0 aromatic heterocycles. The number of hydrogen-bond acceptors (Lipinski definition) is 8. The summed E-state index contributed by atoms with van der Waals surface area (Å²) in [6.45, 7) is 10.0. The number of ether oxygens (including phenoxy) is 4. The zero-order valence-corrected chi connectivity index (χ0v) is 15.5. The van der Waals surface area contributed by atoms with Gasteiger partial charge in [0.15, 0.2) is 5.79 Å². The van der Waals surface area contributed by atoms with Crippen molar-refractivity contribution in [2.75, 3.05) is 6.61 Å². The summed E-state index contributed by atoms with van der Waals surface area (Å²) in [4.78, 5) is 34.8. The van der Waals surface area contributed by atoms with E-state index < -0.39 is 41.7 Å². The number of hydrogen-bond donors (Lipinski definition) is 0. The van der Waals surface area contributed by atoms with Gasteiger partial charge in [0.25, 0.3) is 0 Å². The number of carbonyl (C=O) groups is 2. The van der Waals surface area contributed by atoms with Crippen molar-refractivity contribution in [3.8, 4) is 0 Å². The van der Waals surface area contributed by atoms with Crippen molar-refractivity contribution in [1.29, 1.82) is 0 Å². The van der Waals surface area contributed by atoms with E-state index in [1.165, 1.54) is 6.92 Å². The first-order valence-corrected chi connectivity index (χ1v) is 8.28. The maximum absolute atomic E-state index is 12.3. The van der Waals surface area contributed by atoms with Gasteiger partial charge in [-0.05, 0) is 41.0 Å². The van der Waals surface area contributed by atoms with Crippen molar-refractivity contribution in [3.63, 3.8) is 0 Å². The summed E-state index contributed by atoms with van der Waals surface area (Å²) in [5.74, 6) is -1.49. The van der Waals surface area contributed by atoms with E-state index in [1.807, 2.05) is 0 Å². The molecule has 0 unspecified atom stereocenters. The molecule has 1 saturated heterocycles. The van der Waals surface area contributed by atoms with E-state index in [1.54, 1.807) is 34.6 Å². The van der Waals surface area contributed by atoms with Crippen LogP contribution in [0.3, 0.4) is 0 Å². The van der Waals surface area contributed by atoms with E-state index in [9.17, 15) is 14.5 Å². The fourth-order valence-corrected chi connectivity index (χ4v) is 3.22. The molecule has 142 valence electrons. The molecule has 2 aliphatic rings. The quantitative estimate of drug-likeness (QED) is 0.432. The number of rotatable bonds is 4. The summed E-state index contributed by atoms with van der Waals surface area (Å²) >= 11 is 0. The van der Waals surface area contributed by atoms with E-state index in [0.29, 0.717) is 6.42 Å². The molecule has 1 aliphatic carbocycles. The molecular formula is C16H26N2O7. The molecule has 9 nitrogen and oxygen atoms in total. The molecule has 0 aromatic rings. The minimum Gasteiger partial charge on any atom is -0.465 e. The Morgan fingerprint density at radius 1 is 1.24 bits per heavy atom. The molecule has 1 amide bonds. The Morgan fingerprint density at radius 2 is 1.84 bits per heavy atom.